The molecule has 2 N–H and O–H groups in total. The molecule has 0 fully saturated rings. The average molecular weight is 309 g/mol. The molecule has 0 bridgehead atoms. The van der Waals surface area contributed by atoms with Crippen molar-refractivity contribution in [2.45, 2.75) is 18.0 Å². The van der Waals surface area contributed by atoms with Gasteiger partial charge in [-0.15, -0.1) is 0 Å². The molecule has 0 spiro atoms. The minimum absolute atomic E-state index is 0.0310. The number of hydrogen-bond acceptors (Lipinski definition) is 4. The lowest BCUT2D eigenvalue weighted by Crippen LogP contribution is -2.28. The van der Waals surface area contributed by atoms with E-state index in [1.54, 1.807) is 18.2 Å². The van der Waals surface area contributed by atoms with Gasteiger partial charge in [0.2, 0.25) is 10.0 Å². The highest BCUT2D eigenvalue weighted by atomic mass is 32.2. The number of nitrogens with zero attached hydrogens (tertiary/aromatic N) is 2. The third-order valence-corrected chi connectivity index (χ3v) is 4.90. The van der Waals surface area contributed by atoms with Gasteiger partial charge in [0.1, 0.15) is 10.7 Å². The molecule has 2 aromatic rings. The van der Waals surface area contributed by atoms with E-state index >= 15 is 0 Å². The second-order valence-electron chi connectivity index (χ2n) is 4.54. The molecule has 1 heterocycles. The van der Waals surface area contributed by atoms with E-state index < -0.39 is 15.8 Å². The van der Waals surface area contributed by atoms with E-state index in [-0.39, 0.29) is 18.0 Å². The van der Waals surface area contributed by atoms with Gasteiger partial charge in [-0.1, -0.05) is 12.1 Å². The summed E-state index contributed by atoms with van der Waals surface area (Å²) in [5.74, 6) is -0.401. The molecule has 112 valence electrons. The van der Waals surface area contributed by atoms with Crippen LogP contribution in [0.2, 0.25) is 0 Å². The minimum atomic E-state index is -3.72. The van der Waals surface area contributed by atoms with Gasteiger partial charge in [0.15, 0.2) is 0 Å². The number of pyridine rings is 1. The first kappa shape index (κ1) is 15.6. The molecule has 0 aliphatic heterocycles. The van der Waals surface area contributed by atoms with Crippen LogP contribution in [0.3, 0.4) is 0 Å². The molecule has 0 aliphatic rings. The van der Waals surface area contributed by atoms with Gasteiger partial charge in [0.25, 0.3) is 0 Å². The highest BCUT2D eigenvalue weighted by molar-refractivity contribution is 7.89. The lowest BCUT2D eigenvalue weighted by molar-refractivity contribution is 0.464. The number of aromatic nitrogens is 1. The first-order valence-corrected chi connectivity index (χ1v) is 7.74. The molecule has 1 aromatic carbocycles. The van der Waals surface area contributed by atoms with E-state index in [4.69, 9.17) is 5.73 Å². The van der Waals surface area contributed by atoms with Crippen molar-refractivity contribution in [2.24, 2.45) is 5.73 Å². The Morgan fingerprint density at radius 3 is 2.71 bits per heavy atom. The van der Waals surface area contributed by atoms with Crippen molar-refractivity contribution < 1.29 is 12.8 Å². The standard InChI is InChI=1S/C14H16FN3O2S/c1-18(10-11-4-2-5-12(15)8-11)21(19,20)14-6-3-7-17-13(14)9-16/h2-8H,9-10,16H2,1H3. The second-order valence-corrected chi connectivity index (χ2v) is 6.56. The maximum absolute atomic E-state index is 13.2. The predicted octanol–water partition coefficient (Wildman–Crippen LogP) is 1.50. The Morgan fingerprint density at radius 2 is 2.05 bits per heavy atom. The summed E-state index contributed by atoms with van der Waals surface area (Å²) < 4.78 is 39.4. The predicted molar refractivity (Wildman–Crippen MR) is 77.2 cm³/mol. The summed E-state index contributed by atoms with van der Waals surface area (Å²) in [4.78, 5) is 4.05. The summed E-state index contributed by atoms with van der Waals surface area (Å²) in [7, 11) is -2.29. The minimum Gasteiger partial charge on any atom is -0.325 e. The normalized spacial score (nSPS) is 11.8. The number of sulfonamides is 1. The first-order valence-electron chi connectivity index (χ1n) is 6.30. The SMILES string of the molecule is CN(Cc1cccc(F)c1)S(=O)(=O)c1cccnc1CN. The van der Waals surface area contributed by atoms with Crippen molar-refractivity contribution in [3.8, 4) is 0 Å². The van der Waals surface area contributed by atoms with Crippen molar-refractivity contribution >= 4 is 10.0 Å². The summed E-state index contributed by atoms with van der Waals surface area (Å²) in [6, 6.07) is 8.84. The Balaban J connectivity index is 2.31. The van der Waals surface area contributed by atoms with Crippen LogP contribution < -0.4 is 5.73 Å². The maximum atomic E-state index is 13.2. The summed E-state index contributed by atoms with van der Waals surface area (Å²) in [5, 5.41) is 0. The Kier molecular flexibility index (Phi) is 4.66. The van der Waals surface area contributed by atoms with Crippen molar-refractivity contribution in [3.05, 3.63) is 59.7 Å². The van der Waals surface area contributed by atoms with Crippen LogP contribution in [-0.2, 0) is 23.1 Å². The van der Waals surface area contributed by atoms with Crippen LogP contribution >= 0.6 is 0 Å². The molecule has 1 aromatic heterocycles. The second kappa shape index (κ2) is 6.30. The zero-order chi connectivity index (χ0) is 15.5. The molecule has 0 saturated heterocycles. The zero-order valence-corrected chi connectivity index (χ0v) is 12.3. The van der Waals surface area contributed by atoms with Crippen molar-refractivity contribution in [1.29, 1.82) is 0 Å². The van der Waals surface area contributed by atoms with Gasteiger partial charge in [0, 0.05) is 26.3 Å². The van der Waals surface area contributed by atoms with Gasteiger partial charge in [-0.3, -0.25) is 4.98 Å². The fourth-order valence-corrected chi connectivity index (χ4v) is 3.30. The van der Waals surface area contributed by atoms with E-state index in [1.807, 2.05) is 0 Å². The van der Waals surface area contributed by atoms with Gasteiger partial charge < -0.3 is 5.73 Å². The Bertz CT molecular complexity index is 735. The summed E-state index contributed by atoms with van der Waals surface area (Å²) in [5.41, 5.74) is 6.40. The third-order valence-electron chi connectivity index (χ3n) is 3.02. The Hall–Kier alpha value is -1.83. The van der Waals surface area contributed by atoms with Crippen LogP contribution in [0.15, 0.2) is 47.5 Å². The Labute approximate surface area is 123 Å². The van der Waals surface area contributed by atoms with Crippen molar-refractivity contribution in [1.82, 2.24) is 9.29 Å². The fourth-order valence-electron chi connectivity index (χ4n) is 1.96. The van der Waals surface area contributed by atoms with E-state index in [1.165, 1.54) is 31.4 Å². The monoisotopic (exact) mass is 309 g/mol. The molecule has 0 saturated carbocycles. The van der Waals surface area contributed by atoms with Crippen LogP contribution in [0.5, 0.6) is 0 Å². The quantitative estimate of drug-likeness (QED) is 0.908. The summed E-state index contributed by atoms with van der Waals surface area (Å²) in [6.07, 6.45) is 1.49. The molecular weight excluding hydrogens is 293 g/mol. The number of nitrogens with two attached hydrogens (primary N) is 1. The molecule has 0 atom stereocenters. The lowest BCUT2D eigenvalue weighted by atomic mass is 10.2. The van der Waals surface area contributed by atoms with E-state index in [0.717, 1.165) is 4.31 Å². The smallest absolute Gasteiger partial charge is 0.244 e. The van der Waals surface area contributed by atoms with Gasteiger partial charge >= 0.3 is 0 Å². The maximum Gasteiger partial charge on any atom is 0.244 e. The molecular formula is C14H16FN3O2S. The molecule has 2 rings (SSSR count). The van der Waals surface area contributed by atoms with Crippen molar-refractivity contribution in [2.75, 3.05) is 7.05 Å². The molecule has 0 radical (unpaired) electrons. The van der Waals surface area contributed by atoms with Gasteiger partial charge in [-0.2, -0.15) is 4.31 Å². The molecule has 7 heteroatoms. The van der Waals surface area contributed by atoms with Gasteiger partial charge in [0.05, 0.1) is 5.69 Å². The van der Waals surface area contributed by atoms with Crippen molar-refractivity contribution in [3.63, 3.8) is 0 Å². The highest BCUT2D eigenvalue weighted by Crippen LogP contribution is 2.19. The van der Waals surface area contributed by atoms with Gasteiger partial charge in [-0.25, -0.2) is 12.8 Å². The number of hydrogen-bond donors (Lipinski definition) is 1. The zero-order valence-electron chi connectivity index (χ0n) is 11.5. The highest BCUT2D eigenvalue weighted by Gasteiger charge is 2.24. The Morgan fingerprint density at radius 1 is 1.29 bits per heavy atom. The van der Waals surface area contributed by atoms with E-state index in [9.17, 15) is 12.8 Å². The largest absolute Gasteiger partial charge is 0.325 e. The van der Waals surface area contributed by atoms with Crippen LogP contribution in [0, 0.1) is 5.82 Å². The summed E-state index contributed by atoms with van der Waals surface area (Å²) in [6.45, 7) is 0.0994. The molecule has 0 aliphatic carbocycles. The van der Waals surface area contributed by atoms with E-state index in [0.29, 0.717) is 11.3 Å². The lowest BCUT2D eigenvalue weighted by Gasteiger charge is -2.18. The third kappa shape index (κ3) is 3.44. The summed E-state index contributed by atoms with van der Waals surface area (Å²) >= 11 is 0. The number of halogens is 1. The molecule has 21 heavy (non-hydrogen) atoms. The first-order chi connectivity index (χ1) is 9.95. The van der Waals surface area contributed by atoms with Crippen LogP contribution in [-0.4, -0.2) is 24.8 Å². The van der Waals surface area contributed by atoms with Crippen LogP contribution in [0.25, 0.3) is 0 Å². The number of benzene rings is 1. The van der Waals surface area contributed by atoms with Crippen LogP contribution in [0.4, 0.5) is 4.39 Å². The number of rotatable bonds is 5. The van der Waals surface area contributed by atoms with Gasteiger partial charge in [-0.05, 0) is 29.8 Å². The molecule has 0 unspecified atom stereocenters. The van der Waals surface area contributed by atoms with Crippen LogP contribution in [0.1, 0.15) is 11.3 Å². The topological polar surface area (TPSA) is 76.3 Å². The molecule has 5 nitrogen and oxygen atoms in total. The van der Waals surface area contributed by atoms with E-state index in [2.05, 4.69) is 4.98 Å². The fraction of sp³-hybridized carbons (Fsp3) is 0.214. The average Bonchev–Trinajstić information content (AvgIpc) is 2.47. The molecule has 0 amide bonds.